The van der Waals surface area contributed by atoms with Crippen LogP contribution < -0.4 is 0 Å². The van der Waals surface area contributed by atoms with Gasteiger partial charge in [-0.1, -0.05) is 132 Å². The molecule has 2 atom stereocenters. The highest BCUT2D eigenvalue weighted by atomic mass is 16.6. The molecule has 0 aromatic carbocycles. The first-order valence-electron chi connectivity index (χ1n) is 21.5. The van der Waals surface area contributed by atoms with Gasteiger partial charge in [-0.2, -0.15) is 0 Å². The Balaban J connectivity index is 4.38. The Morgan fingerprint density at radius 3 is 1.53 bits per heavy atom. The maximum absolute atomic E-state index is 12.7. The van der Waals surface area contributed by atoms with Gasteiger partial charge in [0, 0.05) is 19.3 Å². The molecule has 0 bridgehead atoms. The number of unbranched alkanes of at least 4 members (excludes halogenated alkanes) is 11. The molecule has 0 saturated heterocycles. The molecule has 0 aromatic heterocycles. The topological polar surface area (TPSA) is 99.1 Å². The van der Waals surface area contributed by atoms with Crippen molar-refractivity contribution in [3.63, 3.8) is 0 Å². The van der Waals surface area contributed by atoms with Crippen LogP contribution in [0.1, 0.15) is 155 Å². The van der Waals surface area contributed by atoms with Gasteiger partial charge in [0.15, 0.2) is 12.1 Å². The van der Waals surface area contributed by atoms with E-state index in [-0.39, 0.29) is 36.2 Å². The minimum atomic E-state index is -0.884. The van der Waals surface area contributed by atoms with Crippen molar-refractivity contribution < 1.29 is 38.2 Å². The monoisotopic (exact) mass is 771 g/mol. The van der Waals surface area contributed by atoms with Crippen molar-refractivity contribution in [2.75, 3.05) is 41.0 Å². The molecule has 0 aromatic rings. The van der Waals surface area contributed by atoms with E-state index < -0.39 is 18.1 Å². The minimum absolute atomic E-state index is 0.0457. The fourth-order valence-electron chi connectivity index (χ4n) is 5.74. The van der Waals surface area contributed by atoms with Crippen LogP contribution in [0.3, 0.4) is 0 Å². The number of quaternary nitrogens is 1. The number of ether oxygens (including phenoxy) is 3. The zero-order valence-corrected chi connectivity index (χ0v) is 35.6. The molecule has 0 amide bonds. The van der Waals surface area contributed by atoms with Crippen molar-refractivity contribution in [1.82, 2.24) is 0 Å². The molecule has 8 heteroatoms. The molecule has 0 radical (unpaired) electrons. The van der Waals surface area contributed by atoms with Crippen LogP contribution in [0.4, 0.5) is 0 Å². The van der Waals surface area contributed by atoms with Crippen LogP contribution in [0.15, 0.2) is 72.9 Å². The lowest BCUT2D eigenvalue weighted by atomic mass is 10.1. The Hall–Kier alpha value is -3.23. The van der Waals surface area contributed by atoms with Crippen LogP contribution in [-0.2, 0) is 28.6 Å². The molecule has 55 heavy (non-hydrogen) atoms. The van der Waals surface area contributed by atoms with Gasteiger partial charge in [-0.15, -0.1) is 0 Å². The van der Waals surface area contributed by atoms with Gasteiger partial charge < -0.3 is 23.8 Å². The number of hydrogen-bond donors (Lipinski definition) is 1. The Labute approximate surface area is 336 Å². The molecule has 8 nitrogen and oxygen atoms in total. The predicted molar refractivity (Wildman–Crippen MR) is 229 cm³/mol. The number of rotatable bonds is 37. The molecule has 1 N–H and O–H groups in total. The Kier molecular flexibility index (Phi) is 35.5. The summed E-state index contributed by atoms with van der Waals surface area (Å²) in [5, 5.41) is 9.60. The summed E-state index contributed by atoms with van der Waals surface area (Å²) < 4.78 is 17.2. The van der Waals surface area contributed by atoms with Gasteiger partial charge in [-0.25, -0.2) is 4.79 Å². The van der Waals surface area contributed by atoms with Crippen molar-refractivity contribution in [2.24, 2.45) is 0 Å². The standard InChI is InChI=1S/C47H79NO7/c1-6-8-10-12-14-16-18-19-20-21-22-23-24-25-26-28-29-31-33-35-37-45(49)54-42-43(41-53-40-39-44(47(51)52)48(3,4)5)55-46(50)38-36-34-32-30-27-17-15-13-11-9-7-2/h8,10,13-16,19-20,22-23,25-26,43-44H,6-7,9,11-12,17-18,21,24,27-42H2,1-5H3/p+1/b10-8+,15-13+,16-14+,20-19+,23-22+,26-25+. The number of likely N-dealkylation sites (N-methyl/N-ethyl adjacent to an activating group) is 1. The second-order valence-corrected chi connectivity index (χ2v) is 15.2. The summed E-state index contributed by atoms with van der Waals surface area (Å²) in [7, 11) is 5.50. The summed E-state index contributed by atoms with van der Waals surface area (Å²) in [6.07, 6.45) is 46.6. The molecule has 0 rings (SSSR count). The maximum atomic E-state index is 12.7. The van der Waals surface area contributed by atoms with E-state index in [0.717, 1.165) is 103 Å². The maximum Gasteiger partial charge on any atom is 0.362 e. The largest absolute Gasteiger partial charge is 0.477 e. The first-order chi connectivity index (χ1) is 26.6. The normalized spacial score (nSPS) is 13.7. The quantitative estimate of drug-likeness (QED) is 0.0291. The molecule has 0 saturated carbocycles. The van der Waals surface area contributed by atoms with Crippen molar-refractivity contribution >= 4 is 17.9 Å². The second-order valence-electron chi connectivity index (χ2n) is 15.2. The van der Waals surface area contributed by atoms with Crippen molar-refractivity contribution in [3.8, 4) is 0 Å². The Morgan fingerprint density at radius 2 is 1.02 bits per heavy atom. The molecule has 2 unspecified atom stereocenters. The van der Waals surface area contributed by atoms with Crippen LogP contribution >= 0.6 is 0 Å². The number of carbonyl (C=O) groups is 3. The van der Waals surface area contributed by atoms with E-state index in [1.807, 2.05) is 21.1 Å². The summed E-state index contributed by atoms with van der Waals surface area (Å²) in [5.41, 5.74) is 0. The fraction of sp³-hybridized carbons (Fsp3) is 0.681. The highest BCUT2D eigenvalue weighted by molar-refractivity contribution is 5.72. The van der Waals surface area contributed by atoms with E-state index in [9.17, 15) is 19.5 Å². The average Bonchev–Trinajstić information content (AvgIpc) is 3.14. The van der Waals surface area contributed by atoms with Gasteiger partial charge >= 0.3 is 17.9 Å². The van der Waals surface area contributed by atoms with E-state index >= 15 is 0 Å². The number of carbonyl (C=O) groups excluding carboxylic acids is 2. The van der Waals surface area contributed by atoms with Gasteiger partial charge in [0.2, 0.25) is 0 Å². The summed E-state index contributed by atoms with van der Waals surface area (Å²) >= 11 is 0. The summed E-state index contributed by atoms with van der Waals surface area (Å²) in [4.78, 5) is 36.9. The summed E-state index contributed by atoms with van der Waals surface area (Å²) in [6, 6.07) is -0.622. The van der Waals surface area contributed by atoms with Gasteiger partial charge in [0.25, 0.3) is 0 Å². The molecular weight excluding hydrogens is 691 g/mol. The minimum Gasteiger partial charge on any atom is -0.477 e. The van der Waals surface area contributed by atoms with Crippen molar-refractivity contribution in [3.05, 3.63) is 72.9 Å². The van der Waals surface area contributed by atoms with E-state index in [1.165, 1.54) is 19.3 Å². The third-order valence-electron chi connectivity index (χ3n) is 9.09. The SMILES string of the molecule is CC/C=C/C/C=C/C/C=C/C/C=C/C/C=C/CCCCCCC(=O)OCC(COCCC(C(=O)O)[N+](C)(C)C)OC(=O)CCCCCCC/C=C/CCCC. The zero-order valence-electron chi connectivity index (χ0n) is 35.6. The smallest absolute Gasteiger partial charge is 0.362 e. The van der Waals surface area contributed by atoms with Crippen LogP contribution in [0.2, 0.25) is 0 Å². The van der Waals surface area contributed by atoms with E-state index in [2.05, 4.69) is 86.8 Å². The highest BCUT2D eigenvalue weighted by Gasteiger charge is 2.31. The number of nitrogens with zero attached hydrogens (tertiary/aromatic N) is 1. The summed E-state index contributed by atoms with van der Waals surface area (Å²) in [6.45, 7) is 4.53. The number of hydrogen-bond acceptors (Lipinski definition) is 6. The lowest BCUT2D eigenvalue weighted by Gasteiger charge is -2.31. The van der Waals surface area contributed by atoms with Crippen LogP contribution in [0, 0.1) is 0 Å². The van der Waals surface area contributed by atoms with E-state index in [0.29, 0.717) is 19.3 Å². The predicted octanol–water partition coefficient (Wildman–Crippen LogP) is 11.6. The average molecular weight is 771 g/mol. The number of carboxylic acids is 1. The molecule has 0 heterocycles. The Bertz CT molecular complexity index is 1130. The number of allylic oxidation sites excluding steroid dienone is 12. The third-order valence-corrected chi connectivity index (χ3v) is 9.09. The van der Waals surface area contributed by atoms with E-state index in [4.69, 9.17) is 14.2 Å². The molecule has 0 aliphatic heterocycles. The zero-order chi connectivity index (χ0) is 40.7. The Morgan fingerprint density at radius 1 is 0.564 bits per heavy atom. The van der Waals surface area contributed by atoms with Crippen LogP contribution in [0.5, 0.6) is 0 Å². The molecule has 0 fully saturated rings. The van der Waals surface area contributed by atoms with Gasteiger partial charge in [0.05, 0.1) is 34.4 Å². The number of aliphatic carboxylic acids is 1. The lowest BCUT2D eigenvalue weighted by Crippen LogP contribution is -2.50. The second kappa shape index (κ2) is 37.7. The van der Waals surface area contributed by atoms with E-state index in [1.54, 1.807) is 0 Å². The number of carboxylic acid groups (broad SMARTS) is 1. The van der Waals surface area contributed by atoms with Crippen molar-refractivity contribution in [1.29, 1.82) is 0 Å². The molecule has 0 aliphatic rings. The van der Waals surface area contributed by atoms with Crippen LogP contribution in [-0.4, -0.2) is 80.6 Å². The molecule has 0 aliphatic carbocycles. The van der Waals surface area contributed by atoms with Gasteiger partial charge in [0.1, 0.15) is 6.61 Å². The van der Waals surface area contributed by atoms with Gasteiger partial charge in [-0.05, 0) is 77.0 Å². The van der Waals surface area contributed by atoms with Crippen molar-refractivity contribution in [2.45, 2.75) is 167 Å². The summed E-state index contributed by atoms with van der Waals surface area (Å²) in [5.74, 6) is -1.52. The lowest BCUT2D eigenvalue weighted by molar-refractivity contribution is -0.887. The van der Waals surface area contributed by atoms with Gasteiger partial charge in [-0.3, -0.25) is 9.59 Å². The third kappa shape index (κ3) is 36.2. The fourth-order valence-corrected chi connectivity index (χ4v) is 5.74. The highest BCUT2D eigenvalue weighted by Crippen LogP contribution is 2.12. The first kappa shape index (κ1) is 51.8. The van der Waals surface area contributed by atoms with Crippen LogP contribution in [0.25, 0.3) is 0 Å². The number of esters is 2. The molecular formula is C47H80NO7+. The first-order valence-corrected chi connectivity index (χ1v) is 21.5. The molecule has 314 valence electrons. The molecule has 0 spiro atoms.